The molecule has 0 atom stereocenters. The van der Waals surface area contributed by atoms with Gasteiger partial charge in [0, 0.05) is 41.7 Å². The molecular weight excluding hydrogens is 292 g/mol. The first-order chi connectivity index (χ1) is 8.58. The molecule has 0 radical (unpaired) electrons. The van der Waals surface area contributed by atoms with Gasteiger partial charge in [-0.25, -0.2) is 0 Å². The number of amides is 1. The highest BCUT2D eigenvalue weighted by molar-refractivity contribution is 9.10. The summed E-state index contributed by atoms with van der Waals surface area (Å²) >= 11 is 3.48. The number of rotatable bonds is 3. The van der Waals surface area contributed by atoms with E-state index in [0.29, 0.717) is 6.54 Å². The lowest BCUT2D eigenvalue weighted by molar-refractivity contribution is 0.0804. The van der Waals surface area contributed by atoms with Crippen LogP contribution in [0.3, 0.4) is 0 Å². The van der Waals surface area contributed by atoms with Gasteiger partial charge in [0.15, 0.2) is 0 Å². The second kappa shape index (κ2) is 5.14. The monoisotopic (exact) mass is 308 g/mol. The third-order valence-corrected chi connectivity index (χ3v) is 3.73. The van der Waals surface area contributed by atoms with Crippen LogP contribution in [0.4, 0.5) is 0 Å². The van der Waals surface area contributed by atoms with Crippen molar-refractivity contribution in [2.24, 2.45) is 0 Å². The summed E-state index contributed by atoms with van der Waals surface area (Å²) in [7, 11) is 1.83. The highest BCUT2D eigenvalue weighted by Gasteiger charge is 2.17. The summed E-state index contributed by atoms with van der Waals surface area (Å²) < 4.78 is 3.14. The molecule has 18 heavy (non-hydrogen) atoms. The van der Waals surface area contributed by atoms with Crippen molar-refractivity contribution in [2.75, 3.05) is 13.6 Å². The fourth-order valence-corrected chi connectivity index (χ4v) is 2.40. The molecule has 0 aliphatic rings. The number of hydrogen-bond acceptors (Lipinski definition) is 1. The molecule has 0 N–H and O–H groups in total. The fraction of sp³-hybridized carbons (Fsp3) is 0.357. The normalized spacial score (nSPS) is 10.9. The van der Waals surface area contributed by atoms with E-state index in [1.165, 1.54) is 0 Å². The molecule has 0 unspecified atom stereocenters. The Labute approximate surface area is 116 Å². The zero-order chi connectivity index (χ0) is 13.3. The molecule has 0 aliphatic heterocycles. The van der Waals surface area contributed by atoms with Crippen molar-refractivity contribution < 1.29 is 4.79 Å². The van der Waals surface area contributed by atoms with Gasteiger partial charge in [0.2, 0.25) is 0 Å². The number of halogens is 1. The minimum absolute atomic E-state index is 0.0806. The molecule has 96 valence electrons. The molecule has 0 fully saturated rings. The van der Waals surface area contributed by atoms with Crippen LogP contribution in [0.25, 0.3) is 10.9 Å². The number of hydrogen-bond donors (Lipinski definition) is 0. The zero-order valence-electron chi connectivity index (χ0n) is 10.9. The van der Waals surface area contributed by atoms with E-state index in [2.05, 4.69) is 33.5 Å². The third-order valence-electron chi connectivity index (χ3n) is 3.24. The van der Waals surface area contributed by atoms with Crippen molar-refractivity contribution in [1.82, 2.24) is 9.47 Å². The van der Waals surface area contributed by atoms with Crippen LogP contribution in [0.2, 0.25) is 0 Å². The van der Waals surface area contributed by atoms with Gasteiger partial charge in [-0.2, -0.15) is 0 Å². The van der Waals surface area contributed by atoms with Gasteiger partial charge < -0.3 is 9.47 Å². The smallest absolute Gasteiger partial charge is 0.255 e. The first-order valence-electron chi connectivity index (χ1n) is 6.12. The van der Waals surface area contributed by atoms with E-state index < -0.39 is 0 Å². The summed E-state index contributed by atoms with van der Waals surface area (Å²) in [6.45, 7) is 5.63. The number of nitrogens with zero attached hydrogens (tertiary/aromatic N) is 2. The Bertz CT molecular complexity index is 589. The summed E-state index contributed by atoms with van der Waals surface area (Å²) in [6.07, 6.45) is 1.95. The van der Waals surface area contributed by atoms with Crippen LogP contribution < -0.4 is 0 Å². The summed E-state index contributed by atoms with van der Waals surface area (Å²) in [5, 5.41) is 1.02. The maximum absolute atomic E-state index is 12.3. The van der Waals surface area contributed by atoms with Gasteiger partial charge in [0.1, 0.15) is 0 Å². The molecule has 1 heterocycles. The van der Waals surface area contributed by atoms with E-state index in [0.717, 1.165) is 27.5 Å². The minimum atomic E-state index is 0.0806. The Kier molecular flexibility index (Phi) is 3.76. The van der Waals surface area contributed by atoms with Gasteiger partial charge in [-0.05, 0) is 26.0 Å². The molecule has 1 amide bonds. The van der Waals surface area contributed by atoms with Crippen LogP contribution in [0.5, 0.6) is 0 Å². The molecule has 0 saturated carbocycles. The van der Waals surface area contributed by atoms with Crippen molar-refractivity contribution in [3.8, 4) is 0 Å². The predicted molar refractivity (Wildman–Crippen MR) is 77.9 cm³/mol. The van der Waals surface area contributed by atoms with E-state index in [1.54, 1.807) is 4.90 Å². The summed E-state index contributed by atoms with van der Waals surface area (Å²) in [6, 6.07) is 6.04. The quantitative estimate of drug-likeness (QED) is 0.851. The number of fused-ring (bicyclic) bond motifs is 1. The Balaban J connectivity index is 2.62. The highest BCUT2D eigenvalue weighted by atomic mass is 79.9. The van der Waals surface area contributed by atoms with Crippen molar-refractivity contribution >= 4 is 32.7 Å². The first kappa shape index (κ1) is 13.1. The van der Waals surface area contributed by atoms with E-state index in [1.807, 2.05) is 32.3 Å². The van der Waals surface area contributed by atoms with Gasteiger partial charge >= 0.3 is 0 Å². The van der Waals surface area contributed by atoms with Crippen molar-refractivity contribution in [3.05, 3.63) is 34.4 Å². The van der Waals surface area contributed by atoms with Gasteiger partial charge in [-0.15, -0.1) is 0 Å². The molecule has 0 aliphatic carbocycles. The van der Waals surface area contributed by atoms with Crippen LogP contribution in [-0.2, 0) is 6.54 Å². The highest BCUT2D eigenvalue weighted by Crippen LogP contribution is 2.25. The molecule has 2 rings (SSSR count). The van der Waals surface area contributed by atoms with Crippen LogP contribution in [0.1, 0.15) is 24.2 Å². The number of benzene rings is 1. The predicted octanol–water partition coefficient (Wildman–Crippen LogP) is 3.52. The average molecular weight is 309 g/mol. The molecule has 4 heteroatoms. The van der Waals surface area contributed by atoms with E-state index >= 15 is 0 Å². The minimum Gasteiger partial charge on any atom is -0.347 e. The fourth-order valence-electron chi connectivity index (χ4n) is 2.05. The first-order valence-corrected chi connectivity index (χ1v) is 6.91. The lowest BCUT2D eigenvalue weighted by Gasteiger charge is -2.13. The largest absolute Gasteiger partial charge is 0.347 e. The summed E-state index contributed by atoms with van der Waals surface area (Å²) in [5.74, 6) is 0.0806. The van der Waals surface area contributed by atoms with Gasteiger partial charge in [-0.3, -0.25) is 4.79 Å². The lowest BCUT2D eigenvalue weighted by atomic mass is 10.1. The average Bonchev–Trinajstić information content (AvgIpc) is 2.74. The number of carbonyl (C=O) groups excluding carboxylic acids is 1. The summed E-state index contributed by atoms with van der Waals surface area (Å²) in [5.41, 5.74) is 1.88. The van der Waals surface area contributed by atoms with Crippen LogP contribution in [0, 0.1) is 0 Å². The van der Waals surface area contributed by atoms with Crippen molar-refractivity contribution in [1.29, 1.82) is 0 Å². The molecule has 0 spiro atoms. The lowest BCUT2D eigenvalue weighted by Crippen LogP contribution is -2.25. The second-order valence-corrected chi connectivity index (χ2v) is 5.23. The van der Waals surface area contributed by atoms with Crippen molar-refractivity contribution in [3.63, 3.8) is 0 Å². The van der Waals surface area contributed by atoms with E-state index in [4.69, 9.17) is 0 Å². The van der Waals surface area contributed by atoms with E-state index in [9.17, 15) is 4.79 Å². The van der Waals surface area contributed by atoms with Gasteiger partial charge in [0.25, 0.3) is 5.91 Å². The molecule has 3 nitrogen and oxygen atoms in total. The van der Waals surface area contributed by atoms with Crippen molar-refractivity contribution in [2.45, 2.75) is 20.4 Å². The zero-order valence-corrected chi connectivity index (χ0v) is 12.5. The Morgan fingerprint density at radius 1 is 1.39 bits per heavy atom. The number of carbonyl (C=O) groups is 1. The molecule has 1 aromatic heterocycles. The van der Waals surface area contributed by atoms with Crippen LogP contribution >= 0.6 is 15.9 Å². The molecule has 0 bridgehead atoms. The van der Waals surface area contributed by atoms with Gasteiger partial charge in [-0.1, -0.05) is 22.0 Å². The molecule has 0 saturated heterocycles. The number of aryl methyl sites for hydroxylation is 1. The SMILES string of the molecule is CCN(C)C(=O)c1cn(CC)c2cc(Br)ccc12. The standard InChI is InChI=1S/C14H17BrN2O/c1-4-16(3)14(18)12-9-17(5-2)13-8-10(15)6-7-11(12)13/h6-9H,4-5H2,1-3H3. The molecular formula is C14H17BrN2O. The Morgan fingerprint density at radius 3 is 2.72 bits per heavy atom. The van der Waals surface area contributed by atoms with Gasteiger partial charge in [0.05, 0.1) is 5.56 Å². The third kappa shape index (κ3) is 2.17. The maximum atomic E-state index is 12.3. The Hall–Kier alpha value is -1.29. The second-order valence-electron chi connectivity index (χ2n) is 4.31. The Morgan fingerprint density at radius 2 is 2.11 bits per heavy atom. The summed E-state index contributed by atoms with van der Waals surface area (Å²) in [4.78, 5) is 14.0. The topological polar surface area (TPSA) is 25.2 Å². The van der Waals surface area contributed by atoms with Crippen LogP contribution in [-0.4, -0.2) is 29.0 Å². The molecule has 1 aromatic carbocycles. The molecule has 2 aromatic rings. The van der Waals surface area contributed by atoms with E-state index in [-0.39, 0.29) is 5.91 Å². The van der Waals surface area contributed by atoms with Crippen LogP contribution in [0.15, 0.2) is 28.9 Å². The maximum Gasteiger partial charge on any atom is 0.255 e. The number of aromatic nitrogens is 1.